The number of rotatable bonds is 4. The van der Waals surface area contributed by atoms with Crippen molar-refractivity contribution < 1.29 is 19.4 Å². The zero-order chi connectivity index (χ0) is 15.5. The molecule has 23 heavy (non-hydrogen) atoms. The second-order valence-corrected chi connectivity index (χ2v) is 4.68. The molecule has 3 aromatic rings. The van der Waals surface area contributed by atoms with E-state index in [1.165, 1.54) is 16.8 Å². The Morgan fingerprint density at radius 3 is 2.52 bits per heavy atom. The topological polar surface area (TPSA) is 80.9 Å². The molecule has 0 radical (unpaired) electrons. The normalized spacial score (nSPS) is 10.1. The SMILES string of the molecule is Br.O=C(OCc1ccccc1)c1ccc2nc(C(=O)O)cn2c1. The summed E-state index contributed by atoms with van der Waals surface area (Å²) in [5.74, 6) is -1.59. The number of carbonyl (C=O) groups excluding carboxylic acids is 1. The third-order valence-corrected chi connectivity index (χ3v) is 3.12. The molecule has 1 aromatic carbocycles. The average molecular weight is 377 g/mol. The predicted octanol–water partition coefficient (Wildman–Crippen LogP) is 2.97. The van der Waals surface area contributed by atoms with Crippen molar-refractivity contribution in [1.82, 2.24) is 9.38 Å². The quantitative estimate of drug-likeness (QED) is 0.707. The Balaban J connectivity index is 0.00000192. The number of hydrogen-bond donors (Lipinski definition) is 1. The van der Waals surface area contributed by atoms with Crippen molar-refractivity contribution in [2.24, 2.45) is 0 Å². The van der Waals surface area contributed by atoms with E-state index in [0.29, 0.717) is 11.2 Å². The fraction of sp³-hybridized carbons (Fsp3) is 0.0625. The standard InChI is InChI=1S/C16H12N2O4.BrH/c19-15(20)13-9-18-8-12(6-7-14(18)17-13)16(21)22-10-11-4-2-1-3-5-11;/h1-9H,10H2,(H,19,20);1H. The van der Waals surface area contributed by atoms with E-state index in [2.05, 4.69) is 4.98 Å². The van der Waals surface area contributed by atoms with Crippen LogP contribution >= 0.6 is 17.0 Å². The van der Waals surface area contributed by atoms with Gasteiger partial charge in [0.05, 0.1) is 5.56 Å². The number of aromatic carboxylic acids is 1. The number of benzene rings is 1. The Kier molecular flexibility index (Phi) is 5.13. The van der Waals surface area contributed by atoms with Gasteiger partial charge in [0, 0.05) is 12.4 Å². The van der Waals surface area contributed by atoms with E-state index in [4.69, 9.17) is 9.84 Å². The van der Waals surface area contributed by atoms with Crippen molar-refractivity contribution in [3.8, 4) is 0 Å². The lowest BCUT2D eigenvalue weighted by atomic mass is 10.2. The third-order valence-electron chi connectivity index (χ3n) is 3.12. The fourth-order valence-electron chi connectivity index (χ4n) is 2.02. The molecule has 0 fully saturated rings. The zero-order valence-corrected chi connectivity index (χ0v) is 13.6. The van der Waals surface area contributed by atoms with E-state index in [1.54, 1.807) is 12.1 Å². The lowest BCUT2D eigenvalue weighted by Crippen LogP contribution is -2.06. The minimum absolute atomic E-state index is 0. The number of carboxylic acid groups (broad SMARTS) is 1. The molecule has 0 amide bonds. The van der Waals surface area contributed by atoms with Gasteiger partial charge in [0.25, 0.3) is 0 Å². The summed E-state index contributed by atoms with van der Waals surface area (Å²) in [4.78, 5) is 26.8. The summed E-state index contributed by atoms with van der Waals surface area (Å²) in [6, 6.07) is 12.5. The van der Waals surface area contributed by atoms with E-state index < -0.39 is 11.9 Å². The first-order valence-corrected chi connectivity index (χ1v) is 6.56. The molecular weight excluding hydrogens is 364 g/mol. The molecule has 7 heteroatoms. The van der Waals surface area contributed by atoms with E-state index in [9.17, 15) is 9.59 Å². The lowest BCUT2D eigenvalue weighted by molar-refractivity contribution is 0.0472. The second kappa shape index (κ2) is 7.06. The molecule has 0 aliphatic rings. The Bertz CT molecular complexity index is 846. The van der Waals surface area contributed by atoms with E-state index in [-0.39, 0.29) is 29.3 Å². The second-order valence-electron chi connectivity index (χ2n) is 4.68. The molecule has 0 unspecified atom stereocenters. The van der Waals surface area contributed by atoms with Crippen molar-refractivity contribution >= 4 is 34.6 Å². The first-order valence-electron chi connectivity index (χ1n) is 6.56. The molecular formula is C16H13BrN2O4. The number of esters is 1. The first kappa shape index (κ1) is 16.7. The molecule has 6 nitrogen and oxygen atoms in total. The van der Waals surface area contributed by atoms with Crippen molar-refractivity contribution in [1.29, 1.82) is 0 Å². The summed E-state index contributed by atoms with van der Waals surface area (Å²) in [5.41, 5.74) is 1.61. The molecule has 1 N–H and O–H groups in total. The smallest absolute Gasteiger partial charge is 0.356 e. The van der Waals surface area contributed by atoms with E-state index in [0.717, 1.165) is 5.56 Å². The average Bonchev–Trinajstić information content (AvgIpc) is 2.97. The highest BCUT2D eigenvalue weighted by Crippen LogP contribution is 2.10. The van der Waals surface area contributed by atoms with Crippen LogP contribution in [0.4, 0.5) is 0 Å². The predicted molar refractivity (Wildman–Crippen MR) is 88.0 cm³/mol. The van der Waals surface area contributed by atoms with Gasteiger partial charge in [-0.3, -0.25) is 0 Å². The number of imidazole rings is 1. The maximum atomic E-state index is 12.0. The third kappa shape index (κ3) is 3.75. The summed E-state index contributed by atoms with van der Waals surface area (Å²) in [7, 11) is 0. The number of halogens is 1. The monoisotopic (exact) mass is 376 g/mol. The number of nitrogens with zero attached hydrogens (tertiary/aromatic N) is 2. The van der Waals surface area contributed by atoms with Gasteiger partial charge < -0.3 is 14.2 Å². The molecule has 0 bridgehead atoms. The van der Waals surface area contributed by atoms with Crippen LogP contribution in [0.25, 0.3) is 5.65 Å². The van der Waals surface area contributed by atoms with Gasteiger partial charge in [-0.15, -0.1) is 17.0 Å². The van der Waals surface area contributed by atoms with Crippen LogP contribution in [-0.4, -0.2) is 26.4 Å². The van der Waals surface area contributed by atoms with Crippen molar-refractivity contribution in [3.05, 3.63) is 71.7 Å². The minimum atomic E-state index is -1.11. The molecule has 3 rings (SSSR count). The number of fused-ring (bicyclic) bond motifs is 1. The van der Waals surface area contributed by atoms with Gasteiger partial charge in [-0.05, 0) is 17.7 Å². The van der Waals surface area contributed by atoms with Crippen LogP contribution in [0, 0.1) is 0 Å². The van der Waals surface area contributed by atoms with Gasteiger partial charge in [0.15, 0.2) is 5.69 Å². The van der Waals surface area contributed by atoms with Gasteiger partial charge in [0.1, 0.15) is 12.3 Å². The molecule has 0 spiro atoms. The van der Waals surface area contributed by atoms with Gasteiger partial charge in [-0.2, -0.15) is 0 Å². The number of hydrogen-bond acceptors (Lipinski definition) is 4. The number of aromatic nitrogens is 2. The summed E-state index contributed by atoms with van der Waals surface area (Å²) in [6.07, 6.45) is 2.85. The minimum Gasteiger partial charge on any atom is -0.476 e. The molecule has 2 heterocycles. The Hall–Kier alpha value is -2.67. The van der Waals surface area contributed by atoms with Crippen LogP contribution in [0.15, 0.2) is 54.9 Å². The van der Waals surface area contributed by atoms with Crippen LogP contribution in [0.1, 0.15) is 26.4 Å². The Morgan fingerprint density at radius 2 is 1.83 bits per heavy atom. The van der Waals surface area contributed by atoms with Gasteiger partial charge >= 0.3 is 11.9 Å². The number of carboxylic acids is 1. The van der Waals surface area contributed by atoms with Crippen LogP contribution in [0.2, 0.25) is 0 Å². The number of ether oxygens (including phenoxy) is 1. The van der Waals surface area contributed by atoms with Crippen LogP contribution in [-0.2, 0) is 11.3 Å². The largest absolute Gasteiger partial charge is 0.476 e. The highest BCUT2D eigenvalue weighted by molar-refractivity contribution is 8.93. The highest BCUT2D eigenvalue weighted by atomic mass is 79.9. The molecule has 0 saturated carbocycles. The molecule has 0 aliphatic heterocycles. The van der Waals surface area contributed by atoms with Crippen molar-refractivity contribution in [2.75, 3.05) is 0 Å². The summed E-state index contributed by atoms with van der Waals surface area (Å²) < 4.78 is 6.72. The van der Waals surface area contributed by atoms with Crippen LogP contribution in [0.3, 0.4) is 0 Å². The zero-order valence-electron chi connectivity index (χ0n) is 11.9. The summed E-state index contributed by atoms with van der Waals surface area (Å²) >= 11 is 0. The number of carbonyl (C=O) groups is 2. The summed E-state index contributed by atoms with van der Waals surface area (Å²) in [5, 5.41) is 8.91. The highest BCUT2D eigenvalue weighted by Gasteiger charge is 2.12. The van der Waals surface area contributed by atoms with Crippen molar-refractivity contribution in [3.63, 3.8) is 0 Å². The first-order chi connectivity index (χ1) is 10.6. The molecule has 0 atom stereocenters. The van der Waals surface area contributed by atoms with E-state index in [1.807, 2.05) is 30.3 Å². The van der Waals surface area contributed by atoms with Crippen LogP contribution < -0.4 is 0 Å². The van der Waals surface area contributed by atoms with E-state index >= 15 is 0 Å². The molecule has 0 aliphatic carbocycles. The summed E-state index contributed by atoms with van der Waals surface area (Å²) in [6.45, 7) is 0.183. The molecule has 118 valence electrons. The van der Waals surface area contributed by atoms with Gasteiger partial charge in [-0.25, -0.2) is 14.6 Å². The molecule has 2 aromatic heterocycles. The Labute approximate surface area is 142 Å². The fourth-order valence-corrected chi connectivity index (χ4v) is 2.02. The van der Waals surface area contributed by atoms with Gasteiger partial charge in [-0.1, -0.05) is 30.3 Å². The Morgan fingerprint density at radius 1 is 1.09 bits per heavy atom. The number of pyridine rings is 1. The lowest BCUT2D eigenvalue weighted by Gasteiger charge is -2.05. The maximum Gasteiger partial charge on any atom is 0.356 e. The maximum absolute atomic E-state index is 12.0. The van der Waals surface area contributed by atoms with Crippen molar-refractivity contribution in [2.45, 2.75) is 6.61 Å². The van der Waals surface area contributed by atoms with Gasteiger partial charge in [0.2, 0.25) is 0 Å². The molecule has 0 saturated heterocycles. The van der Waals surface area contributed by atoms with Crippen LogP contribution in [0.5, 0.6) is 0 Å².